The van der Waals surface area contributed by atoms with Crippen LogP contribution in [0, 0.1) is 0 Å². The summed E-state index contributed by atoms with van der Waals surface area (Å²) in [7, 11) is 0. The van der Waals surface area contributed by atoms with E-state index in [1.165, 1.54) is 24.8 Å². The maximum Gasteiger partial charge on any atom is 0.248 e. The van der Waals surface area contributed by atoms with Crippen LogP contribution in [-0.2, 0) is 0 Å². The minimum absolute atomic E-state index is 0.393. The molecular weight excluding hydrogens is 222 g/mol. The summed E-state index contributed by atoms with van der Waals surface area (Å²) in [4.78, 5) is 14.3. The number of rotatable bonds is 2. The van der Waals surface area contributed by atoms with Crippen LogP contribution in [0.1, 0.15) is 23.2 Å². The lowest BCUT2D eigenvalue weighted by atomic mass is 10.2. The van der Waals surface area contributed by atoms with Gasteiger partial charge in [-0.2, -0.15) is 0 Å². The van der Waals surface area contributed by atoms with Crippen LogP contribution in [0.15, 0.2) is 27.5 Å². The summed E-state index contributed by atoms with van der Waals surface area (Å²) in [5, 5.41) is 0. The van der Waals surface area contributed by atoms with Gasteiger partial charge in [-0.3, -0.25) is 4.79 Å². The first kappa shape index (κ1) is 9.72. The Morgan fingerprint density at radius 1 is 1.50 bits per heavy atom. The van der Waals surface area contributed by atoms with Gasteiger partial charge in [-0.25, -0.2) is 4.40 Å². The quantitative estimate of drug-likeness (QED) is 0.792. The van der Waals surface area contributed by atoms with E-state index in [0.717, 1.165) is 10.6 Å². The third-order valence-corrected chi connectivity index (χ3v) is 3.51. The summed E-state index contributed by atoms with van der Waals surface area (Å²) >= 11 is 1.39. The molecule has 1 amide bonds. The molecule has 16 heavy (non-hydrogen) atoms. The zero-order chi connectivity index (χ0) is 11.1. The Morgan fingerprint density at radius 2 is 2.31 bits per heavy atom. The molecule has 82 valence electrons. The number of primary amides is 1. The summed E-state index contributed by atoms with van der Waals surface area (Å²) in [6.07, 6.45) is 4.30. The molecule has 1 heterocycles. The smallest absolute Gasteiger partial charge is 0.248 e. The number of benzene rings is 1. The maximum absolute atomic E-state index is 11.1. The minimum atomic E-state index is -0.393. The zero-order valence-electron chi connectivity index (χ0n) is 8.59. The third kappa shape index (κ3) is 1.57. The van der Waals surface area contributed by atoms with Crippen LogP contribution in [0.3, 0.4) is 0 Å². The summed E-state index contributed by atoms with van der Waals surface area (Å²) < 4.78 is 4.23. The van der Waals surface area contributed by atoms with Crippen LogP contribution in [0.2, 0.25) is 0 Å². The van der Waals surface area contributed by atoms with Crippen molar-refractivity contribution in [1.82, 2.24) is 0 Å². The van der Waals surface area contributed by atoms with E-state index in [-0.39, 0.29) is 0 Å². The van der Waals surface area contributed by atoms with E-state index >= 15 is 0 Å². The van der Waals surface area contributed by atoms with Crippen molar-refractivity contribution in [2.24, 2.45) is 10.1 Å². The van der Waals surface area contributed by atoms with Gasteiger partial charge in [-0.15, -0.1) is 0 Å². The van der Waals surface area contributed by atoms with Gasteiger partial charge in [-0.05, 0) is 31.0 Å². The molecule has 1 aliphatic heterocycles. The van der Waals surface area contributed by atoms with Gasteiger partial charge >= 0.3 is 0 Å². The number of amides is 1. The molecule has 1 aromatic carbocycles. The molecule has 0 aromatic heterocycles. The number of nitrogens with zero attached hydrogens (tertiary/aromatic N) is 2. The highest BCUT2D eigenvalue weighted by Gasteiger charge is 2.31. The van der Waals surface area contributed by atoms with Gasteiger partial charge < -0.3 is 10.6 Å². The van der Waals surface area contributed by atoms with Crippen LogP contribution in [0.25, 0.3) is 0 Å². The van der Waals surface area contributed by atoms with Crippen molar-refractivity contribution in [1.29, 1.82) is 0 Å². The Labute approximate surface area is 97.7 Å². The summed E-state index contributed by atoms with van der Waals surface area (Å²) in [5.74, 6) is -0.393. The normalized spacial score (nSPS) is 18.4. The van der Waals surface area contributed by atoms with E-state index < -0.39 is 5.91 Å². The van der Waals surface area contributed by atoms with Gasteiger partial charge in [0.15, 0.2) is 0 Å². The fourth-order valence-electron chi connectivity index (χ4n) is 1.79. The van der Waals surface area contributed by atoms with Crippen molar-refractivity contribution in [3.8, 4) is 0 Å². The van der Waals surface area contributed by atoms with Gasteiger partial charge in [0.25, 0.3) is 0 Å². The van der Waals surface area contributed by atoms with Crippen molar-refractivity contribution in [2.75, 3.05) is 4.90 Å². The van der Waals surface area contributed by atoms with Gasteiger partial charge in [0.2, 0.25) is 5.91 Å². The van der Waals surface area contributed by atoms with Crippen molar-refractivity contribution in [3.05, 3.63) is 23.8 Å². The molecule has 2 aliphatic rings. The number of anilines is 1. The fourth-order valence-corrected chi connectivity index (χ4v) is 2.50. The monoisotopic (exact) mass is 233 g/mol. The summed E-state index contributed by atoms with van der Waals surface area (Å²) in [6, 6.07) is 6.12. The third-order valence-electron chi connectivity index (χ3n) is 2.79. The van der Waals surface area contributed by atoms with Crippen LogP contribution in [0.4, 0.5) is 5.69 Å². The number of fused-ring (bicyclic) bond motifs is 1. The molecular formula is C11H11N3OS. The average molecular weight is 233 g/mol. The number of nitrogens with two attached hydrogens (primary N) is 1. The van der Waals surface area contributed by atoms with E-state index in [9.17, 15) is 4.79 Å². The largest absolute Gasteiger partial charge is 0.366 e. The van der Waals surface area contributed by atoms with E-state index in [4.69, 9.17) is 5.73 Å². The molecule has 0 bridgehead atoms. The lowest BCUT2D eigenvalue weighted by Crippen LogP contribution is -2.25. The van der Waals surface area contributed by atoms with Crippen molar-refractivity contribution in [2.45, 2.75) is 23.8 Å². The molecule has 4 nitrogen and oxygen atoms in total. The number of carbonyl (C=O) groups is 1. The Bertz CT molecular complexity index is 482. The summed E-state index contributed by atoms with van der Waals surface area (Å²) in [5.41, 5.74) is 6.93. The van der Waals surface area contributed by atoms with E-state index in [2.05, 4.69) is 9.30 Å². The lowest BCUT2D eigenvalue weighted by Gasteiger charge is -2.24. The second kappa shape index (κ2) is 3.52. The minimum Gasteiger partial charge on any atom is -0.366 e. The first-order valence-corrected chi connectivity index (χ1v) is 5.96. The number of hydrogen-bond donors (Lipinski definition) is 1. The molecule has 3 rings (SSSR count). The maximum atomic E-state index is 11.1. The zero-order valence-corrected chi connectivity index (χ0v) is 9.41. The Hall–Kier alpha value is -1.49. The second-order valence-electron chi connectivity index (χ2n) is 4.00. The molecule has 1 aliphatic carbocycles. The lowest BCUT2D eigenvalue weighted by molar-refractivity contribution is 0.1000. The predicted octanol–water partition coefficient (Wildman–Crippen LogP) is 1.80. The Balaban J connectivity index is 2.01. The molecule has 0 radical (unpaired) electrons. The van der Waals surface area contributed by atoms with Gasteiger partial charge in [0, 0.05) is 23.6 Å². The van der Waals surface area contributed by atoms with Crippen LogP contribution in [-0.4, -0.2) is 18.3 Å². The van der Waals surface area contributed by atoms with Crippen LogP contribution >= 0.6 is 11.9 Å². The molecule has 0 spiro atoms. The van der Waals surface area contributed by atoms with E-state index in [1.54, 1.807) is 6.07 Å². The van der Waals surface area contributed by atoms with Crippen LogP contribution in [0.5, 0.6) is 0 Å². The molecule has 0 saturated heterocycles. The van der Waals surface area contributed by atoms with Gasteiger partial charge in [0.05, 0.1) is 10.6 Å². The van der Waals surface area contributed by atoms with Crippen molar-refractivity contribution >= 4 is 29.9 Å². The molecule has 0 atom stereocenters. The standard InChI is InChI=1S/C11H11N3OS/c12-11(15)7-1-4-9-10(5-7)16-13-6-14(9)8-2-3-8/h1,4-6,8H,2-3H2,(H2,12,15). The SMILES string of the molecule is NC(=O)c1ccc2c(c1)SN=CN2C1CC1. The van der Waals surface area contributed by atoms with Crippen molar-refractivity contribution in [3.63, 3.8) is 0 Å². The fraction of sp³-hybridized carbons (Fsp3) is 0.273. The van der Waals surface area contributed by atoms with E-state index in [1.807, 2.05) is 18.5 Å². The first-order chi connectivity index (χ1) is 7.75. The Morgan fingerprint density at radius 3 is 3.00 bits per heavy atom. The highest BCUT2D eigenvalue weighted by molar-refractivity contribution is 7.98. The molecule has 5 heteroatoms. The molecule has 2 N–H and O–H groups in total. The van der Waals surface area contributed by atoms with Crippen molar-refractivity contribution < 1.29 is 4.79 Å². The number of carbonyl (C=O) groups excluding carboxylic acids is 1. The second-order valence-corrected chi connectivity index (χ2v) is 4.83. The highest BCUT2D eigenvalue weighted by Crippen LogP contribution is 2.40. The van der Waals surface area contributed by atoms with E-state index in [0.29, 0.717) is 11.6 Å². The number of hydrogen-bond acceptors (Lipinski definition) is 4. The summed E-state index contributed by atoms with van der Waals surface area (Å²) in [6.45, 7) is 0. The Kier molecular flexibility index (Phi) is 2.14. The molecule has 1 fully saturated rings. The predicted molar refractivity (Wildman–Crippen MR) is 64.8 cm³/mol. The highest BCUT2D eigenvalue weighted by atomic mass is 32.2. The topological polar surface area (TPSA) is 58.7 Å². The van der Waals surface area contributed by atoms with Crippen LogP contribution < -0.4 is 10.6 Å². The molecule has 1 saturated carbocycles. The first-order valence-electron chi connectivity index (χ1n) is 5.18. The molecule has 1 aromatic rings. The van der Waals surface area contributed by atoms with Gasteiger partial charge in [-0.1, -0.05) is 0 Å². The average Bonchev–Trinajstić information content (AvgIpc) is 3.11. The van der Waals surface area contributed by atoms with Gasteiger partial charge in [0.1, 0.15) is 6.34 Å². The molecule has 0 unspecified atom stereocenters.